The van der Waals surface area contributed by atoms with Crippen LogP contribution in [0.15, 0.2) is 11.8 Å². The second kappa shape index (κ2) is 3.12. The molecule has 4 nitrogen and oxygen atoms in total. The van der Waals surface area contributed by atoms with E-state index >= 15 is 0 Å². The van der Waals surface area contributed by atoms with Crippen molar-refractivity contribution in [2.24, 2.45) is 5.92 Å². The fourth-order valence-electron chi connectivity index (χ4n) is 1.99. The van der Waals surface area contributed by atoms with E-state index in [-0.39, 0.29) is 23.8 Å². The smallest absolute Gasteiger partial charge is 0.354 e. The Kier molecular flexibility index (Phi) is 2.06. The lowest BCUT2D eigenvalue weighted by Gasteiger charge is -2.37. The number of rotatable bonds is 2. The van der Waals surface area contributed by atoms with Gasteiger partial charge in [0.15, 0.2) is 0 Å². The van der Waals surface area contributed by atoms with Crippen molar-refractivity contribution in [3.05, 3.63) is 11.8 Å². The molecule has 2 atom stereocenters. The largest absolute Gasteiger partial charge is 0.461 e. The highest BCUT2D eigenvalue weighted by molar-refractivity contribution is 5.98. The Morgan fingerprint density at radius 3 is 3.00 bits per heavy atom. The van der Waals surface area contributed by atoms with Crippen molar-refractivity contribution in [3.63, 3.8) is 0 Å². The summed E-state index contributed by atoms with van der Waals surface area (Å²) in [5, 5.41) is 0. The van der Waals surface area contributed by atoms with Gasteiger partial charge in [-0.25, -0.2) is 4.79 Å². The van der Waals surface area contributed by atoms with Gasteiger partial charge in [-0.3, -0.25) is 4.79 Å². The zero-order valence-corrected chi connectivity index (χ0v) is 8.32. The lowest BCUT2D eigenvalue weighted by Crippen LogP contribution is -2.51. The molecule has 76 valence electrons. The van der Waals surface area contributed by atoms with E-state index in [1.807, 2.05) is 13.0 Å². The highest BCUT2D eigenvalue weighted by Gasteiger charge is 2.47. The number of hydrogen-bond acceptors (Lipinski definition) is 3. The van der Waals surface area contributed by atoms with Crippen LogP contribution < -0.4 is 0 Å². The maximum Gasteiger partial charge on any atom is 0.354 e. The van der Waals surface area contributed by atoms with Crippen LogP contribution in [-0.4, -0.2) is 29.4 Å². The summed E-state index contributed by atoms with van der Waals surface area (Å²) in [4.78, 5) is 24.3. The normalized spacial score (nSPS) is 29.4. The first kappa shape index (κ1) is 9.24. The standard InChI is InChI=1S/C10H13NO3/c1-3-14-10(13)8-4-6(2)7-5-9(12)11(7)8/h4,6-7H,3,5H2,1-2H3/t6?,7-/m0/s1. The highest BCUT2D eigenvalue weighted by Crippen LogP contribution is 2.37. The van der Waals surface area contributed by atoms with E-state index in [0.29, 0.717) is 18.7 Å². The van der Waals surface area contributed by atoms with Crippen LogP contribution in [0.4, 0.5) is 0 Å². The molecule has 0 N–H and O–H groups in total. The third-order valence-electron chi connectivity index (χ3n) is 2.76. The predicted octanol–water partition coefficient (Wildman–Crippen LogP) is 0.684. The second-order valence-electron chi connectivity index (χ2n) is 3.67. The Balaban J connectivity index is 2.15. The molecule has 14 heavy (non-hydrogen) atoms. The molecular formula is C10H13NO3. The van der Waals surface area contributed by atoms with Gasteiger partial charge >= 0.3 is 5.97 Å². The van der Waals surface area contributed by atoms with Crippen LogP contribution in [0, 0.1) is 5.92 Å². The second-order valence-corrected chi connectivity index (χ2v) is 3.67. The number of esters is 1. The average Bonchev–Trinajstić information content (AvgIpc) is 2.38. The summed E-state index contributed by atoms with van der Waals surface area (Å²) in [5.41, 5.74) is 0.431. The predicted molar refractivity (Wildman–Crippen MR) is 49.1 cm³/mol. The number of nitrogens with zero attached hydrogens (tertiary/aromatic N) is 1. The topological polar surface area (TPSA) is 46.6 Å². The summed E-state index contributed by atoms with van der Waals surface area (Å²) < 4.78 is 4.87. The van der Waals surface area contributed by atoms with E-state index in [1.165, 1.54) is 0 Å². The zero-order chi connectivity index (χ0) is 10.3. The van der Waals surface area contributed by atoms with Gasteiger partial charge in [0.1, 0.15) is 5.70 Å². The summed E-state index contributed by atoms with van der Waals surface area (Å²) in [6.45, 7) is 4.11. The first-order valence-electron chi connectivity index (χ1n) is 4.86. The maximum atomic E-state index is 11.4. The van der Waals surface area contributed by atoms with Crippen LogP contribution in [0.3, 0.4) is 0 Å². The van der Waals surface area contributed by atoms with Crippen LogP contribution in [0.25, 0.3) is 0 Å². The van der Waals surface area contributed by atoms with Gasteiger partial charge in [-0.2, -0.15) is 0 Å². The van der Waals surface area contributed by atoms with Gasteiger partial charge in [-0.05, 0) is 18.9 Å². The Hall–Kier alpha value is -1.32. The Morgan fingerprint density at radius 1 is 1.71 bits per heavy atom. The van der Waals surface area contributed by atoms with Gasteiger partial charge in [-0.15, -0.1) is 0 Å². The lowest BCUT2D eigenvalue weighted by molar-refractivity contribution is -0.150. The minimum atomic E-state index is -0.380. The minimum absolute atomic E-state index is 0.0265. The third kappa shape index (κ3) is 1.14. The van der Waals surface area contributed by atoms with Gasteiger partial charge in [0.2, 0.25) is 5.91 Å². The number of fused-ring (bicyclic) bond motifs is 1. The molecule has 0 aromatic rings. The number of amides is 1. The summed E-state index contributed by atoms with van der Waals surface area (Å²) >= 11 is 0. The van der Waals surface area contributed by atoms with Crippen molar-refractivity contribution in [2.75, 3.05) is 6.61 Å². The molecule has 0 bridgehead atoms. The fraction of sp³-hybridized carbons (Fsp3) is 0.600. The van der Waals surface area contributed by atoms with Crippen LogP contribution in [-0.2, 0) is 14.3 Å². The summed E-state index contributed by atoms with van der Waals surface area (Å²) in [6.07, 6.45) is 2.38. The minimum Gasteiger partial charge on any atom is -0.461 e. The van der Waals surface area contributed by atoms with Gasteiger partial charge in [0, 0.05) is 6.42 Å². The van der Waals surface area contributed by atoms with Gasteiger partial charge < -0.3 is 9.64 Å². The maximum absolute atomic E-state index is 11.4. The summed E-state index contributed by atoms with van der Waals surface area (Å²) in [7, 11) is 0. The molecule has 0 radical (unpaired) electrons. The quantitative estimate of drug-likeness (QED) is 0.481. The third-order valence-corrected chi connectivity index (χ3v) is 2.76. The van der Waals surface area contributed by atoms with E-state index in [4.69, 9.17) is 4.74 Å². The molecule has 0 aromatic heterocycles. The van der Waals surface area contributed by atoms with Crippen molar-refractivity contribution in [1.29, 1.82) is 0 Å². The summed E-state index contributed by atoms with van der Waals surface area (Å²) in [5.74, 6) is -0.0827. The zero-order valence-electron chi connectivity index (χ0n) is 8.32. The van der Waals surface area contributed by atoms with Gasteiger partial charge in [0.25, 0.3) is 0 Å². The Morgan fingerprint density at radius 2 is 2.43 bits per heavy atom. The SMILES string of the molecule is CCOC(=O)C1=CC(C)[C@@H]2CC(=O)N12. The van der Waals surface area contributed by atoms with Crippen molar-refractivity contribution >= 4 is 11.9 Å². The monoisotopic (exact) mass is 195 g/mol. The average molecular weight is 195 g/mol. The van der Waals surface area contributed by atoms with Crippen molar-refractivity contribution in [2.45, 2.75) is 26.3 Å². The Bertz CT molecular complexity index is 321. The first-order chi connectivity index (χ1) is 6.65. The molecule has 1 amide bonds. The van der Waals surface area contributed by atoms with Crippen molar-refractivity contribution in [1.82, 2.24) is 4.90 Å². The lowest BCUT2D eigenvalue weighted by atomic mass is 9.94. The molecule has 0 aliphatic carbocycles. The number of carbonyl (C=O) groups is 2. The van der Waals surface area contributed by atoms with Crippen LogP contribution in [0.2, 0.25) is 0 Å². The molecule has 0 aromatic carbocycles. The van der Waals surface area contributed by atoms with E-state index in [9.17, 15) is 9.59 Å². The van der Waals surface area contributed by atoms with Crippen molar-refractivity contribution in [3.8, 4) is 0 Å². The first-order valence-corrected chi connectivity index (χ1v) is 4.86. The number of β-lactam (4-membered cyclic amide) rings is 1. The molecule has 0 spiro atoms. The summed E-state index contributed by atoms with van der Waals surface area (Å²) in [6, 6.07) is 0.196. The van der Waals surface area contributed by atoms with Crippen LogP contribution in [0.5, 0.6) is 0 Å². The fourth-order valence-corrected chi connectivity index (χ4v) is 1.99. The van der Waals surface area contributed by atoms with Crippen LogP contribution in [0.1, 0.15) is 20.3 Å². The molecule has 1 unspecified atom stereocenters. The van der Waals surface area contributed by atoms with E-state index in [0.717, 1.165) is 0 Å². The molecule has 1 saturated heterocycles. The molecule has 2 rings (SSSR count). The molecular weight excluding hydrogens is 182 g/mol. The van der Waals surface area contributed by atoms with Crippen molar-refractivity contribution < 1.29 is 14.3 Å². The molecule has 2 aliphatic heterocycles. The van der Waals surface area contributed by atoms with Crippen LogP contribution >= 0.6 is 0 Å². The molecule has 1 fully saturated rings. The highest BCUT2D eigenvalue weighted by atomic mass is 16.5. The van der Waals surface area contributed by atoms with Gasteiger partial charge in [-0.1, -0.05) is 6.92 Å². The number of carbonyl (C=O) groups excluding carboxylic acids is 2. The molecule has 2 aliphatic rings. The van der Waals surface area contributed by atoms with Gasteiger partial charge in [0.05, 0.1) is 12.6 Å². The van der Waals surface area contributed by atoms with E-state index in [2.05, 4.69) is 0 Å². The molecule has 4 heteroatoms. The molecule has 0 saturated carbocycles. The van der Waals surface area contributed by atoms with E-state index in [1.54, 1.807) is 11.8 Å². The number of ether oxygens (including phenoxy) is 1. The Labute approximate surface area is 82.5 Å². The van der Waals surface area contributed by atoms with E-state index < -0.39 is 0 Å². The number of hydrogen-bond donors (Lipinski definition) is 0. The molecule has 2 heterocycles.